The van der Waals surface area contributed by atoms with E-state index in [1.54, 1.807) is 12.3 Å². The van der Waals surface area contributed by atoms with Crippen molar-refractivity contribution in [1.29, 1.82) is 0 Å². The third-order valence-electron chi connectivity index (χ3n) is 2.87. The molecule has 0 bridgehead atoms. The summed E-state index contributed by atoms with van der Waals surface area (Å²) in [5, 5.41) is 3.34. The SMILES string of the molecule is CC(C)CNS(=O)(=O)c1c[nH]c(CNC2CC2)c1. The number of aromatic amines is 1. The smallest absolute Gasteiger partial charge is 0.242 e. The van der Waals surface area contributed by atoms with Crippen molar-refractivity contribution in [2.75, 3.05) is 6.54 Å². The van der Waals surface area contributed by atoms with Gasteiger partial charge in [-0.3, -0.25) is 0 Å². The average Bonchev–Trinajstić information content (AvgIpc) is 3.00. The molecule has 1 heterocycles. The Morgan fingerprint density at radius 2 is 2.17 bits per heavy atom. The third kappa shape index (κ3) is 3.83. The van der Waals surface area contributed by atoms with Crippen molar-refractivity contribution in [2.45, 2.75) is 44.2 Å². The van der Waals surface area contributed by atoms with Crippen molar-refractivity contribution < 1.29 is 8.42 Å². The minimum Gasteiger partial charge on any atom is -0.363 e. The molecule has 2 rings (SSSR count). The van der Waals surface area contributed by atoms with Gasteiger partial charge in [0.05, 0.1) is 4.90 Å². The van der Waals surface area contributed by atoms with Gasteiger partial charge in [0.1, 0.15) is 0 Å². The Balaban J connectivity index is 1.94. The zero-order valence-corrected chi connectivity index (χ0v) is 11.7. The summed E-state index contributed by atoms with van der Waals surface area (Å²) in [4.78, 5) is 3.32. The van der Waals surface area contributed by atoms with Gasteiger partial charge in [0, 0.05) is 31.0 Å². The first kappa shape index (κ1) is 13.6. The lowest BCUT2D eigenvalue weighted by Gasteiger charge is -2.06. The molecule has 1 aromatic heterocycles. The van der Waals surface area contributed by atoms with Gasteiger partial charge in [-0.05, 0) is 24.8 Å². The highest BCUT2D eigenvalue weighted by molar-refractivity contribution is 7.89. The molecule has 102 valence electrons. The number of hydrogen-bond acceptors (Lipinski definition) is 3. The Labute approximate surface area is 108 Å². The standard InChI is InChI=1S/C12H21N3O2S/c1-9(2)6-15-18(16,17)12-5-11(14-8-12)7-13-10-3-4-10/h5,8-10,13-15H,3-4,6-7H2,1-2H3. The second-order valence-electron chi connectivity index (χ2n) is 5.26. The van der Waals surface area contributed by atoms with E-state index in [2.05, 4.69) is 15.0 Å². The van der Waals surface area contributed by atoms with Gasteiger partial charge < -0.3 is 10.3 Å². The molecular weight excluding hydrogens is 250 g/mol. The van der Waals surface area contributed by atoms with Gasteiger partial charge in [-0.15, -0.1) is 0 Å². The molecular formula is C12H21N3O2S. The van der Waals surface area contributed by atoms with Gasteiger partial charge in [0.25, 0.3) is 0 Å². The summed E-state index contributed by atoms with van der Waals surface area (Å²) in [5.41, 5.74) is 0.909. The number of aromatic nitrogens is 1. The summed E-state index contributed by atoms with van der Waals surface area (Å²) in [5.74, 6) is 0.301. The van der Waals surface area contributed by atoms with Crippen LogP contribution in [0.15, 0.2) is 17.2 Å². The highest BCUT2D eigenvalue weighted by atomic mass is 32.2. The summed E-state index contributed by atoms with van der Waals surface area (Å²) in [7, 11) is -3.37. The fraction of sp³-hybridized carbons (Fsp3) is 0.667. The molecule has 0 radical (unpaired) electrons. The van der Waals surface area contributed by atoms with Crippen LogP contribution in [0.2, 0.25) is 0 Å². The molecule has 1 fully saturated rings. The van der Waals surface area contributed by atoms with Crippen LogP contribution >= 0.6 is 0 Å². The predicted molar refractivity (Wildman–Crippen MR) is 70.7 cm³/mol. The molecule has 1 aliphatic rings. The molecule has 1 aromatic rings. The Morgan fingerprint density at radius 3 is 2.78 bits per heavy atom. The molecule has 0 spiro atoms. The predicted octanol–water partition coefficient (Wildman–Crippen LogP) is 1.20. The second-order valence-corrected chi connectivity index (χ2v) is 7.03. The first-order valence-corrected chi connectivity index (χ1v) is 7.86. The summed E-state index contributed by atoms with van der Waals surface area (Å²) >= 11 is 0. The van der Waals surface area contributed by atoms with Gasteiger partial charge in [-0.25, -0.2) is 13.1 Å². The average molecular weight is 271 g/mol. The molecule has 5 nitrogen and oxygen atoms in total. The van der Waals surface area contributed by atoms with Gasteiger partial charge >= 0.3 is 0 Å². The van der Waals surface area contributed by atoms with E-state index in [1.165, 1.54) is 12.8 Å². The van der Waals surface area contributed by atoms with E-state index in [-0.39, 0.29) is 0 Å². The van der Waals surface area contributed by atoms with Gasteiger partial charge in [-0.1, -0.05) is 13.8 Å². The third-order valence-corrected chi connectivity index (χ3v) is 4.27. The van der Waals surface area contributed by atoms with E-state index < -0.39 is 10.0 Å². The van der Waals surface area contributed by atoms with Crippen LogP contribution in [0.5, 0.6) is 0 Å². The first-order valence-electron chi connectivity index (χ1n) is 6.38. The first-order chi connectivity index (χ1) is 8.47. The number of rotatable bonds is 7. The number of sulfonamides is 1. The van der Waals surface area contributed by atoms with Crippen LogP contribution < -0.4 is 10.0 Å². The van der Waals surface area contributed by atoms with Crippen LogP contribution in [0.4, 0.5) is 0 Å². The Hall–Kier alpha value is -0.850. The minimum atomic E-state index is -3.37. The van der Waals surface area contributed by atoms with Crippen molar-refractivity contribution in [3.63, 3.8) is 0 Å². The summed E-state index contributed by atoms with van der Waals surface area (Å²) in [6, 6.07) is 2.31. The van der Waals surface area contributed by atoms with E-state index in [0.29, 0.717) is 29.9 Å². The van der Waals surface area contributed by atoms with E-state index in [0.717, 1.165) is 5.69 Å². The van der Waals surface area contributed by atoms with Gasteiger partial charge in [0.2, 0.25) is 10.0 Å². The van der Waals surface area contributed by atoms with Crippen LogP contribution in [-0.4, -0.2) is 26.0 Å². The van der Waals surface area contributed by atoms with Crippen molar-refractivity contribution in [1.82, 2.24) is 15.0 Å². The molecule has 0 amide bonds. The molecule has 18 heavy (non-hydrogen) atoms. The Bertz CT molecular complexity index is 489. The van der Waals surface area contributed by atoms with Crippen LogP contribution in [-0.2, 0) is 16.6 Å². The number of hydrogen-bond donors (Lipinski definition) is 3. The van der Waals surface area contributed by atoms with Crippen molar-refractivity contribution in [3.8, 4) is 0 Å². The molecule has 0 aromatic carbocycles. The number of nitrogens with one attached hydrogen (secondary N) is 3. The quantitative estimate of drug-likeness (QED) is 0.697. The molecule has 3 N–H and O–H groups in total. The zero-order chi connectivity index (χ0) is 13.2. The molecule has 0 unspecified atom stereocenters. The lowest BCUT2D eigenvalue weighted by molar-refractivity contribution is 0.560. The van der Waals surface area contributed by atoms with E-state index in [4.69, 9.17) is 0 Å². The van der Waals surface area contributed by atoms with Crippen LogP contribution in [0.3, 0.4) is 0 Å². The maximum absolute atomic E-state index is 11.9. The van der Waals surface area contributed by atoms with E-state index in [1.807, 2.05) is 13.8 Å². The largest absolute Gasteiger partial charge is 0.363 e. The minimum absolute atomic E-state index is 0.301. The molecule has 1 saturated carbocycles. The highest BCUT2D eigenvalue weighted by Gasteiger charge is 2.21. The molecule has 0 atom stereocenters. The van der Waals surface area contributed by atoms with Gasteiger partial charge in [0.15, 0.2) is 0 Å². The van der Waals surface area contributed by atoms with Crippen LogP contribution in [0.25, 0.3) is 0 Å². The lowest BCUT2D eigenvalue weighted by atomic mass is 10.2. The van der Waals surface area contributed by atoms with E-state index in [9.17, 15) is 8.42 Å². The molecule has 0 saturated heterocycles. The highest BCUT2D eigenvalue weighted by Crippen LogP contribution is 2.19. The molecule has 6 heteroatoms. The van der Waals surface area contributed by atoms with Crippen LogP contribution in [0.1, 0.15) is 32.4 Å². The lowest BCUT2D eigenvalue weighted by Crippen LogP contribution is -2.27. The normalized spacial score (nSPS) is 16.4. The summed E-state index contributed by atoms with van der Waals surface area (Å²) in [6.45, 7) is 5.11. The maximum atomic E-state index is 11.9. The summed E-state index contributed by atoms with van der Waals surface area (Å²) in [6.07, 6.45) is 4.00. The monoisotopic (exact) mass is 271 g/mol. The van der Waals surface area contributed by atoms with Crippen molar-refractivity contribution in [3.05, 3.63) is 18.0 Å². The maximum Gasteiger partial charge on any atom is 0.242 e. The fourth-order valence-electron chi connectivity index (χ4n) is 1.58. The van der Waals surface area contributed by atoms with Crippen molar-refractivity contribution >= 4 is 10.0 Å². The Morgan fingerprint density at radius 1 is 1.44 bits per heavy atom. The number of H-pyrrole nitrogens is 1. The fourth-order valence-corrected chi connectivity index (χ4v) is 2.81. The zero-order valence-electron chi connectivity index (χ0n) is 10.9. The van der Waals surface area contributed by atoms with Crippen molar-refractivity contribution in [2.24, 2.45) is 5.92 Å². The Kier molecular flexibility index (Phi) is 4.09. The van der Waals surface area contributed by atoms with Gasteiger partial charge in [-0.2, -0.15) is 0 Å². The topological polar surface area (TPSA) is 74.0 Å². The molecule has 1 aliphatic carbocycles. The van der Waals surface area contributed by atoms with E-state index >= 15 is 0 Å². The summed E-state index contributed by atoms with van der Waals surface area (Å²) < 4.78 is 26.5. The van der Waals surface area contributed by atoms with Crippen LogP contribution in [0, 0.1) is 5.92 Å². The second kappa shape index (κ2) is 5.42. The molecule has 0 aliphatic heterocycles.